The van der Waals surface area contributed by atoms with Gasteiger partial charge in [0, 0.05) is 12.0 Å². The molecule has 1 unspecified atom stereocenters. The zero-order valence-corrected chi connectivity index (χ0v) is 8.91. The summed E-state index contributed by atoms with van der Waals surface area (Å²) in [6.45, 7) is 5.63. The van der Waals surface area contributed by atoms with Crippen LogP contribution >= 0.6 is 0 Å². The van der Waals surface area contributed by atoms with Gasteiger partial charge in [-0.1, -0.05) is 12.2 Å². The van der Waals surface area contributed by atoms with Gasteiger partial charge < -0.3 is 10.1 Å². The predicted molar refractivity (Wildman–Crippen MR) is 53.9 cm³/mol. The van der Waals surface area contributed by atoms with E-state index in [1.165, 1.54) is 0 Å². The van der Waals surface area contributed by atoms with E-state index in [-0.39, 0.29) is 6.09 Å². The average Bonchev–Trinajstić information content (AvgIpc) is 2.50. The summed E-state index contributed by atoms with van der Waals surface area (Å²) >= 11 is 0. The summed E-state index contributed by atoms with van der Waals surface area (Å²) in [4.78, 5) is 11.4. The Morgan fingerprint density at radius 2 is 2.21 bits per heavy atom. The van der Waals surface area contributed by atoms with E-state index in [9.17, 15) is 4.79 Å². The van der Waals surface area contributed by atoms with Crippen molar-refractivity contribution in [3.8, 4) is 0 Å². The van der Waals surface area contributed by atoms with Gasteiger partial charge in [0.2, 0.25) is 0 Å². The number of hydrogen-bond donors (Lipinski definition) is 1. The van der Waals surface area contributed by atoms with Crippen LogP contribution < -0.4 is 5.32 Å². The van der Waals surface area contributed by atoms with E-state index in [2.05, 4.69) is 17.5 Å². The standard InChI is InChI=1S/C11H17NO2/c1-11(2,3)14-10(13)12-9-7-5-4-6-8(7)9/h4-5,7-9H,6H2,1-3H3,(H,12,13)/t7?,8-,9-/m0/s1. The number of carbonyl (C=O) groups excluding carboxylic acids is 1. The molecule has 2 aliphatic rings. The molecule has 0 heterocycles. The largest absolute Gasteiger partial charge is 0.444 e. The number of nitrogens with one attached hydrogen (secondary N) is 1. The molecular weight excluding hydrogens is 178 g/mol. The van der Waals surface area contributed by atoms with Crippen LogP contribution in [0.1, 0.15) is 27.2 Å². The van der Waals surface area contributed by atoms with Crippen molar-refractivity contribution in [3.05, 3.63) is 12.2 Å². The van der Waals surface area contributed by atoms with Crippen LogP contribution in [0.2, 0.25) is 0 Å². The lowest BCUT2D eigenvalue weighted by Gasteiger charge is -2.19. The van der Waals surface area contributed by atoms with E-state index in [1.807, 2.05) is 20.8 Å². The molecule has 1 saturated carbocycles. The summed E-state index contributed by atoms with van der Waals surface area (Å²) < 4.78 is 5.18. The summed E-state index contributed by atoms with van der Waals surface area (Å²) in [5, 5.41) is 2.90. The molecule has 2 aliphatic carbocycles. The zero-order chi connectivity index (χ0) is 10.3. The highest BCUT2D eigenvalue weighted by atomic mass is 16.6. The van der Waals surface area contributed by atoms with Gasteiger partial charge in [-0.2, -0.15) is 0 Å². The molecule has 3 nitrogen and oxygen atoms in total. The van der Waals surface area contributed by atoms with Crippen molar-refractivity contribution in [1.29, 1.82) is 0 Å². The van der Waals surface area contributed by atoms with Crippen molar-refractivity contribution in [2.24, 2.45) is 11.8 Å². The smallest absolute Gasteiger partial charge is 0.407 e. The van der Waals surface area contributed by atoms with E-state index >= 15 is 0 Å². The van der Waals surface area contributed by atoms with Crippen molar-refractivity contribution in [1.82, 2.24) is 5.32 Å². The van der Waals surface area contributed by atoms with Gasteiger partial charge in [0.1, 0.15) is 5.60 Å². The maximum absolute atomic E-state index is 11.4. The topological polar surface area (TPSA) is 38.3 Å². The predicted octanol–water partition coefficient (Wildman–Crippen LogP) is 2.09. The van der Waals surface area contributed by atoms with E-state index in [1.54, 1.807) is 0 Å². The highest BCUT2D eigenvalue weighted by Crippen LogP contribution is 2.47. The van der Waals surface area contributed by atoms with Crippen LogP contribution in [0.5, 0.6) is 0 Å². The molecule has 0 bridgehead atoms. The fraction of sp³-hybridized carbons (Fsp3) is 0.727. The normalized spacial score (nSPS) is 33.8. The fourth-order valence-electron chi connectivity index (χ4n) is 2.01. The first-order valence-corrected chi connectivity index (χ1v) is 5.13. The van der Waals surface area contributed by atoms with Crippen molar-refractivity contribution in [3.63, 3.8) is 0 Å². The number of rotatable bonds is 1. The molecule has 0 radical (unpaired) electrons. The van der Waals surface area contributed by atoms with Crippen LogP contribution in [0.15, 0.2) is 12.2 Å². The molecule has 0 aromatic carbocycles. The van der Waals surface area contributed by atoms with E-state index in [4.69, 9.17) is 4.74 Å². The van der Waals surface area contributed by atoms with Crippen molar-refractivity contribution in [2.75, 3.05) is 0 Å². The summed E-state index contributed by atoms with van der Waals surface area (Å²) in [5.41, 5.74) is -0.399. The molecule has 1 amide bonds. The minimum atomic E-state index is -0.399. The first-order valence-electron chi connectivity index (χ1n) is 5.13. The molecule has 3 heteroatoms. The molecule has 2 rings (SSSR count). The Hall–Kier alpha value is -0.990. The minimum Gasteiger partial charge on any atom is -0.444 e. The van der Waals surface area contributed by atoms with E-state index in [0.29, 0.717) is 17.9 Å². The van der Waals surface area contributed by atoms with Crippen molar-refractivity contribution < 1.29 is 9.53 Å². The van der Waals surface area contributed by atoms with Gasteiger partial charge in [-0.05, 0) is 33.1 Å². The second-order valence-electron chi connectivity index (χ2n) is 5.08. The number of allylic oxidation sites excluding steroid dienone is 1. The first-order chi connectivity index (χ1) is 6.47. The highest BCUT2D eigenvalue weighted by Gasteiger charge is 2.51. The lowest BCUT2D eigenvalue weighted by atomic mass is 10.2. The van der Waals surface area contributed by atoms with Gasteiger partial charge in [0.05, 0.1) is 0 Å². The fourth-order valence-corrected chi connectivity index (χ4v) is 2.01. The summed E-state index contributed by atoms with van der Waals surface area (Å²) in [6.07, 6.45) is 5.19. The van der Waals surface area contributed by atoms with Crippen LogP contribution in [-0.4, -0.2) is 17.7 Å². The van der Waals surface area contributed by atoms with Crippen LogP contribution in [0.3, 0.4) is 0 Å². The molecule has 0 aromatic heterocycles. The number of amides is 1. The van der Waals surface area contributed by atoms with Gasteiger partial charge in [0.15, 0.2) is 0 Å². The van der Waals surface area contributed by atoms with Crippen LogP contribution in [0.4, 0.5) is 4.79 Å². The molecule has 3 atom stereocenters. The summed E-state index contributed by atoms with van der Waals surface area (Å²) in [6, 6.07) is 0.329. The molecule has 0 aromatic rings. The monoisotopic (exact) mass is 195 g/mol. The Morgan fingerprint density at radius 1 is 1.50 bits per heavy atom. The summed E-state index contributed by atoms with van der Waals surface area (Å²) in [5.74, 6) is 1.21. The van der Waals surface area contributed by atoms with Crippen LogP contribution in [0.25, 0.3) is 0 Å². The SMILES string of the molecule is CC(C)(C)OC(=O)N[C@H]1C2C=CC[C@@H]21. The molecular formula is C11H17NO2. The minimum absolute atomic E-state index is 0.287. The maximum atomic E-state index is 11.4. The van der Waals surface area contributed by atoms with Gasteiger partial charge >= 0.3 is 6.09 Å². The maximum Gasteiger partial charge on any atom is 0.407 e. The highest BCUT2D eigenvalue weighted by molar-refractivity contribution is 5.69. The van der Waals surface area contributed by atoms with Gasteiger partial charge in [0.25, 0.3) is 0 Å². The Bertz CT molecular complexity index is 278. The van der Waals surface area contributed by atoms with Gasteiger partial charge in [-0.25, -0.2) is 4.79 Å². The third-order valence-corrected chi connectivity index (χ3v) is 2.68. The number of fused-ring (bicyclic) bond motifs is 1. The van der Waals surface area contributed by atoms with E-state index < -0.39 is 5.60 Å². The second-order valence-corrected chi connectivity index (χ2v) is 5.08. The molecule has 0 saturated heterocycles. The average molecular weight is 195 g/mol. The van der Waals surface area contributed by atoms with E-state index in [0.717, 1.165) is 6.42 Å². The molecule has 0 spiro atoms. The Kier molecular flexibility index (Phi) is 2.05. The van der Waals surface area contributed by atoms with Crippen LogP contribution in [-0.2, 0) is 4.74 Å². The Balaban J connectivity index is 1.77. The molecule has 78 valence electrons. The Morgan fingerprint density at radius 3 is 2.71 bits per heavy atom. The quantitative estimate of drug-likeness (QED) is 0.650. The lowest BCUT2D eigenvalue weighted by molar-refractivity contribution is 0.0519. The van der Waals surface area contributed by atoms with Crippen molar-refractivity contribution in [2.45, 2.75) is 38.8 Å². The third kappa shape index (κ3) is 1.91. The molecule has 1 fully saturated rings. The lowest BCUT2D eigenvalue weighted by Crippen LogP contribution is -2.35. The number of carbonyl (C=O) groups is 1. The molecule has 1 N–H and O–H groups in total. The summed E-state index contributed by atoms with van der Waals surface area (Å²) in [7, 11) is 0. The van der Waals surface area contributed by atoms with Gasteiger partial charge in [-0.3, -0.25) is 0 Å². The second kappa shape index (κ2) is 3.01. The Labute approximate surface area is 84.5 Å². The number of ether oxygens (including phenoxy) is 1. The first kappa shape index (κ1) is 9.56. The van der Waals surface area contributed by atoms with Crippen molar-refractivity contribution >= 4 is 6.09 Å². The molecule has 0 aliphatic heterocycles. The number of alkyl carbamates (subject to hydrolysis) is 1. The van der Waals surface area contributed by atoms with Gasteiger partial charge in [-0.15, -0.1) is 0 Å². The van der Waals surface area contributed by atoms with Crippen LogP contribution in [0, 0.1) is 11.8 Å². The number of hydrogen-bond acceptors (Lipinski definition) is 2. The zero-order valence-electron chi connectivity index (χ0n) is 8.91. The molecule has 14 heavy (non-hydrogen) atoms. The third-order valence-electron chi connectivity index (χ3n) is 2.68.